The summed E-state index contributed by atoms with van der Waals surface area (Å²) in [5.41, 5.74) is 1.23. The van der Waals surface area contributed by atoms with E-state index in [2.05, 4.69) is 5.32 Å². The molecule has 200 valence electrons. The second-order valence-corrected chi connectivity index (χ2v) is 8.24. The minimum Gasteiger partial charge on any atom is -0.494 e. The lowest BCUT2D eigenvalue weighted by Crippen LogP contribution is -2.54. The Labute approximate surface area is 223 Å². The van der Waals surface area contributed by atoms with Gasteiger partial charge in [-0.2, -0.15) is 0 Å². The third kappa shape index (κ3) is 6.21. The minimum absolute atomic E-state index is 0.0183. The number of benzene rings is 3. The minimum atomic E-state index is -0.851. The van der Waals surface area contributed by atoms with Gasteiger partial charge in [-0.05, 0) is 79.6 Å². The average molecular weight is 532 g/mol. The first kappa shape index (κ1) is 26.9. The molecular formula is C28H25N3O8. The lowest BCUT2D eigenvalue weighted by molar-refractivity contribution is -0.384. The van der Waals surface area contributed by atoms with Gasteiger partial charge in [0.1, 0.15) is 17.9 Å². The van der Waals surface area contributed by atoms with E-state index in [1.54, 1.807) is 61.5 Å². The number of urea groups is 1. The quantitative estimate of drug-likeness (QED) is 0.173. The van der Waals surface area contributed by atoms with Crippen LogP contribution in [0.2, 0.25) is 0 Å². The first-order valence-electron chi connectivity index (χ1n) is 12.1. The summed E-state index contributed by atoms with van der Waals surface area (Å²) >= 11 is 0. The van der Waals surface area contributed by atoms with Gasteiger partial charge in [-0.25, -0.2) is 9.69 Å². The van der Waals surface area contributed by atoms with Crippen molar-refractivity contribution in [2.24, 2.45) is 0 Å². The molecule has 4 amide bonds. The topological polar surface area (TPSA) is 137 Å². The van der Waals surface area contributed by atoms with Crippen molar-refractivity contribution in [2.45, 2.75) is 20.5 Å². The Balaban J connectivity index is 1.56. The molecule has 1 heterocycles. The van der Waals surface area contributed by atoms with Gasteiger partial charge in [0.25, 0.3) is 17.5 Å². The zero-order chi connectivity index (χ0) is 27.9. The van der Waals surface area contributed by atoms with E-state index >= 15 is 0 Å². The zero-order valence-electron chi connectivity index (χ0n) is 21.2. The number of carbonyl (C=O) groups excluding carboxylic acids is 3. The summed E-state index contributed by atoms with van der Waals surface area (Å²) in [6.07, 6.45) is 1.37. The van der Waals surface area contributed by atoms with Gasteiger partial charge in [0.05, 0.1) is 23.8 Å². The summed E-state index contributed by atoms with van der Waals surface area (Å²) in [5, 5.41) is 13.0. The highest BCUT2D eigenvalue weighted by molar-refractivity contribution is 6.39. The van der Waals surface area contributed by atoms with E-state index in [0.29, 0.717) is 36.0 Å². The molecule has 1 aliphatic heterocycles. The molecule has 0 aliphatic carbocycles. The van der Waals surface area contributed by atoms with Crippen molar-refractivity contribution in [3.8, 4) is 17.2 Å². The molecule has 3 aromatic rings. The monoisotopic (exact) mass is 531 g/mol. The molecule has 1 N–H and O–H groups in total. The fraction of sp³-hybridized carbons (Fsp3) is 0.179. The van der Waals surface area contributed by atoms with E-state index in [4.69, 9.17) is 14.2 Å². The van der Waals surface area contributed by atoms with Gasteiger partial charge in [0, 0.05) is 12.1 Å². The highest BCUT2D eigenvalue weighted by Crippen LogP contribution is 2.31. The summed E-state index contributed by atoms with van der Waals surface area (Å²) in [7, 11) is 0. The Morgan fingerprint density at radius 2 is 1.56 bits per heavy atom. The standard InChI is InChI=1S/C28H25N3O8/c1-3-37-22-12-10-20(11-13-22)30-27(33)23(26(32)29-28(30)34)15-19-7-14-24(25(16-19)38-4-2)39-17-18-5-8-21(9-6-18)31(35)36/h5-16H,3-4,17H2,1-2H3,(H,29,32,34)/b23-15-. The molecule has 1 saturated heterocycles. The fourth-order valence-corrected chi connectivity index (χ4v) is 3.79. The number of nitro groups is 1. The molecular weight excluding hydrogens is 506 g/mol. The van der Waals surface area contributed by atoms with Crippen LogP contribution in [0.4, 0.5) is 16.2 Å². The molecule has 0 bridgehead atoms. The lowest BCUT2D eigenvalue weighted by Gasteiger charge is -2.26. The molecule has 3 aromatic carbocycles. The van der Waals surface area contributed by atoms with Crippen LogP contribution in [-0.2, 0) is 16.2 Å². The maximum Gasteiger partial charge on any atom is 0.335 e. The highest BCUT2D eigenvalue weighted by Gasteiger charge is 2.36. The molecule has 0 spiro atoms. The maximum absolute atomic E-state index is 13.2. The molecule has 0 saturated carbocycles. The van der Waals surface area contributed by atoms with E-state index in [0.717, 1.165) is 10.5 Å². The molecule has 11 heteroatoms. The smallest absolute Gasteiger partial charge is 0.335 e. The number of imide groups is 2. The normalized spacial score (nSPS) is 14.3. The number of rotatable bonds is 10. The number of hydrogen-bond acceptors (Lipinski definition) is 8. The summed E-state index contributed by atoms with van der Waals surface area (Å²) < 4.78 is 16.9. The van der Waals surface area contributed by atoms with Crippen LogP contribution < -0.4 is 24.4 Å². The van der Waals surface area contributed by atoms with Crippen LogP contribution >= 0.6 is 0 Å². The predicted octanol–water partition coefficient (Wildman–Crippen LogP) is 4.64. The second-order valence-electron chi connectivity index (χ2n) is 8.24. The second kappa shape index (κ2) is 11.9. The van der Waals surface area contributed by atoms with Gasteiger partial charge < -0.3 is 14.2 Å². The van der Waals surface area contributed by atoms with Crippen molar-refractivity contribution < 1.29 is 33.5 Å². The Morgan fingerprint density at radius 3 is 2.21 bits per heavy atom. The van der Waals surface area contributed by atoms with Crippen LogP contribution in [0.25, 0.3) is 6.08 Å². The van der Waals surface area contributed by atoms with Crippen molar-refractivity contribution in [3.05, 3.63) is 93.5 Å². The number of nitrogens with zero attached hydrogens (tertiary/aromatic N) is 2. The van der Waals surface area contributed by atoms with E-state index in [9.17, 15) is 24.5 Å². The molecule has 4 rings (SSSR count). The first-order chi connectivity index (χ1) is 18.8. The SMILES string of the molecule is CCOc1ccc(N2C(=O)NC(=O)/C(=C/c3ccc(OCc4ccc([N+](=O)[O-])cc4)c(OCC)c3)C2=O)cc1. The van der Waals surface area contributed by atoms with Crippen molar-refractivity contribution >= 4 is 35.3 Å². The Hall–Kier alpha value is -5.19. The molecule has 1 fully saturated rings. The van der Waals surface area contributed by atoms with Crippen molar-refractivity contribution in [1.29, 1.82) is 0 Å². The van der Waals surface area contributed by atoms with Crippen LogP contribution in [0.3, 0.4) is 0 Å². The van der Waals surface area contributed by atoms with Crippen molar-refractivity contribution in [1.82, 2.24) is 5.32 Å². The van der Waals surface area contributed by atoms with Crippen molar-refractivity contribution in [2.75, 3.05) is 18.1 Å². The van der Waals surface area contributed by atoms with E-state index in [-0.39, 0.29) is 23.6 Å². The fourth-order valence-electron chi connectivity index (χ4n) is 3.79. The largest absolute Gasteiger partial charge is 0.494 e. The number of hydrogen-bond donors (Lipinski definition) is 1. The molecule has 1 aliphatic rings. The van der Waals surface area contributed by atoms with Crippen LogP contribution in [-0.4, -0.2) is 36.0 Å². The Morgan fingerprint density at radius 1 is 0.872 bits per heavy atom. The molecule has 0 atom stereocenters. The van der Waals surface area contributed by atoms with Gasteiger partial charge in [0.15, 0.2) is 11.5 Å². The maximum atomic E-state index is 13.2. The summed E-state index contributed by atoms with van der Waals surface area (Å²) in [4.78, 5) is 49.5. The van der Waals surface area contributed by atoms with Gasteiger partial charge in [-0.15, -0.1) is 0 Å². The van der Waals surface area contributed by atoms with Gasteiger partial charge >= 0.3 is 6.03 Å². The summed E-state index contributed by atoms with van der Waals surface area (Å²) in [6, 6.07) is 16.4. The Bertz CT molecular complexity index is 1430. The van der Waals surface area contributed by atoms with Crippen LogP contribution in [0, 0.1) is 10.1 Å². The number of non-ortho nitro benzene ring substituents is 1. The highest BCUT2D eigenvalue weighted by atomic mass is 16.6. The van der Waals surface area contributed by atoms with E-state index in [1.807, 2.05) is 6.92 Å². The molecule has 11 nitrogen and oxygen atoms in total. The number of barbiturate groups is 1. The molecule has 0 aromatic heterocycles. The number of ether oxygens (including phenoxy) is 3. The van der Waals surface area contributed by atoms with Crippen LogP contribution in [0.1, 0.15) is 25.0 Å². The number of anilines is 1. The summed E-state index contributed by atoms with van der Waals surface area (Å²) in [6.45, 7) is 4.57. The van der Waals surface area contributed by atoms with Gasteiger partial charge in [-0.3, -0.25) is 25.0 Å². The van der Waals surface area contributed by atoms with Crippen LogP contribution in [0.15, 0.2) is 72.3 Å². The number of nitrogens with one attached hydrogen (secondary N) is 1. The predicted molar refractivity (Wildman–Crippen MR) is 142 cm³/mol. The third-order valence-corrected chi connectivity index (χ3v) is 5.63. The van der Waals surface area contributed by atoms with E-state index < -0.39 is 22.8 Å². The zero-order valence-corrected chi connectivity index (χ0v) is 21.2. The van der Waals surface area contributed by atoms with Crippen molar-refractivity contribution in [3.63, 3.8) is 0 Å². The number of carbonyl (C=O) groups is 3. The van der Waals surface area contributed by atoms with E-state index in [1.165, 1.54) is 18.2 Å². The average Bonchev–Trinajstić information content (AvgIpc) is 2.92. The molecule has 39 heavy (non-hydrogen) atoms. The lowest BCUT2D eigenvalue weighted by atomic mass is 10.1. The molecule has 0 radical (unpaired) electrons. The first-order valence-corrected chi connectivity index (χ1v) is 12.1. The van der Waals surface area contributed by atoms with Gasteiger partial charge in [0.2, 0.25) is 0 Å². The summed E-state index contributed by atoms with van der Waals surface area (Å²) in [5.74, 6) is -0.231. The Kier molecular flexibility index (Phi) is 8.20. The van der Waals surface area contributed by atoms with Crippen LogP contribution in [0.5, 0.6) is 17.2 Å². The number of nitro benzene ring substituents is 1. The number of amides is 4. The van der Waals surface area contributed by atoms with Gasteiger partial charge in [-0.1, -0.05) is 6.07 Å². The third-order valence-electron chi connectivity index (χ3n) is 5.63. The molecule has 0 unspecified atom stereocenters.